The molecule has 156 valence electrons. The molecule has 0 bridgehead atoms. The van der Waals surface area contributed by atoms with Crippen molar-refractivity contribution in [1.82, 2.24) is 4.57 Å². The third-order valence-electron chi connectivity index (χ3n) is 5.06. The van der Waals surface area contributed by atoms with Gasteiger partial charge in [0.2, 0.25) is 6.33 Å². The summed E-state index contributed by atoms with van der Waals surface area (Å²) >= 11 is 0. The summed E-state index contributed by atoms with van der Waals surface area (Å²) < 4.78 is 21.0. The van der Waals surface area contributed by atoms with Gasteiger partial charge in [-0.1, -0.05) is 42.0 Å². The topological polar surface area (TPSA) is 36.5 Å². The molecule has 1 heterocycles. The summed E-state index contributed by atoms with van der Waals surface area (Å²) in [6, 6.07) is 12.7. The number of aryl methyl sites for hydroxylation is 3. The number of halogens is 1. The minimum atomic E-state index is -2.78. The van der Waals surface area contributed by atoms with Crippen molar-refractivity contribution in [1.29, 1.82) is 0 Å². The minimum Gasteiger partial charge on any atom is -1.00 e. The molecule has 0 N–H and O–H groups in total. The van der Waals surface area contributed by atoms with Gasteiger partial charge < -0.3 is 25.7 Å². The van der Waals surface area contributed by atoms with Gasteiger partial charge in [-0.15, -0.1) is 0 Å². The van der Waals surface area contributed by atoms with E-state index in [1.54, 1.807) is 21.3 Å². The Labute approximate surface area is 180 Å². The lowest BCUT2D eigenvalue weighted by Gasteiger charge is -2.24. The van der Waals surface area contributed by atoms with E-state index in [-0.39, 0.29) is 12.4 Å². The summed E-state index contributed by atoms with van der Waals surface area (Å²) in [7, 11) is 2.10. The normalized spacial score (nSPS) is 11.4. The highest BCUT2D eigenvalue weighted by atomic mass is 35.5. The number of imidazole rings is 1. The highest BCUT2D eigenvalue weighted by Crippen LogP contribution is 2.16. The lowest BCUT2D eigenvalue weighted by Crippen LogP contribution is -3.00. The molecule has 0 aliphatic heterocycles. The fourth-order valence-electron chi connectivity index (χ4n) is 3.83. The number of rotatable bonds is 7. The molecule has 0 fully saturated rings. The molecule has 0 radical (unpaired) electrons. The lowest BCUT2D eigenvalue weighted by atomic mass is 10.1. The predicted octanol–water partition coefficient (Wildman–Crippen LogP) is -0.173. The first-order chi connectivity index (χ1) is 13.4. The molecule has 29 heavy (non-hydrogen) atoms. The van der Waals surface area contributed by atoms with Crippen molar-refractivity contribution < 1.29 is 30.3 Å². The van der Waals surface area contributed by atoms with Crippen LogP contribution in [-0.4, -0.2) is 34.7 Å². The Morgan fingerprint density at radius 1 is 0.897 bits per heavy atom. The zero-order chi connectivity index (χ0) is 20.3. The Hall–Kier alpha value is -1.96. The van der Waals surface area contributed by atoms with Crippen molar-refractivity contribution in [2.75, 3.05) is 21.3 Å². The quantitative estimate of drug-likeness (QED) is 0.384. The summed E-state index contributed by atoms with van der Waals surface area (Å²) in [5.41, 5.74) is 6.31. The first-order valence-corrected chi connectivity index (χ1v) is 11.0. The van der Waals surface area contributed by atoms with E-state index >= 15 is 0 Å². The van der Waals surface area contributed by atoms with Crippen LogP contribution < -0.4 is 22.2 Å². The Morgan fingerprint density at radius 2 is 1.45 bits per heavy atom. The fourth-order valence-corrected chi connectivity index (χ4v) is 5.61. The average molecular weight is 433 g/mol. The third kappa shape index (κ3) is 4.79. The van der Waals surface area contributed by atoms with Gasteiger partial charge in [-0.25, -0.2) is 9.13 Å². The number of aromatic nitrogens is 2. The smallest absolute Gasteiger partial charge is 0.536 e. The van der Waals surface area contributed by atoms with E-state index in [4.69, 9.17) is 13.3 Å². The highest BCUT2D eigenvalue weighted by molar-refractivity contribution is 6.75. The molecule has 0 saturated heterocycles. The highest BCUT2D eigenvalue weighted by Gasteiger charge is 2.40. The second-order valence-electron chi connectivity index (χ2n) is 7.11. The summed E-state index contributed by atoms with van der Waals surface area (Å²) in [6.07, 6.45) is 6.35. The summed E-state index contributed by atoms with van der Waals surface area (Å²) in [4.78, 5) is 0. The third-order valence-corrected chi connectivity index (χ3v) is 7.72. The van der Waals surface area contributed by atoms with E-state index in [0.717, 1.165) is 11.7 Å². The molecule has 7 heteroatoms. The van der Waals surface area contributed by atoms with Crippen LogP contribution in [0.1, 0.15) is 22.3 Å². The maximum Gasteiger partial charge on any atom is 0.536 e. The molecule has 3 rings (SSSR count). The van der Waals surface area contributed by atoms with Crippen LogP contribution in [0.5, 0.6) is 0 Å². The second kappa shape index (κ2) is 9.69. The van der Waals surface area contributed by atoms with Crippen molar-refractivity contribution in [2.45, 2.75) is 27.3 Å². The monoisotopic (exact) mass is 432 g/mol. The molecular weight excluding hydrogens is 404 g/mol. The van der Waals surface area contributed by atoms with Gasteiger partial charge in [0.25, 0.3) is 0 Å². The summed E-state index contributed by atoms with van der Waals surface area (Å²) in [5, 5.41) is 0.956. The van der Waals surface area contributed by atoms with Crippen molar-refractivity contribution in [2.24, 2.45) is 0 Å². The Kier molecular flexibility index (Phi) is 7.79. The Balaban J connectivity index is 0.00000300. The molecular formula is C22H29ClN2O3Si. The molecule has 0 aliphatic carbocycles. The van der Waals surface area contributed by atoms with Crippen LogP contribution in [0.4, 0.5) is 0 Å². The Bertz CT molecular complexity index is 922. The first-order valence-electron chi connectivity index (χ1n) is 9.32. The van der Waals surface area contributed by atoms with Gasteiger partial charge in [-0.3, -0.25) is 0 Å². The standard InChI is InChI=1S/C22H29N2O3Si.ClH/c1-17-13-18(2)22(19(3)14-17)24-12-11-23(16-24)15-20-7-9-21(10-8-20)28(25-4,26-5)27-6;/h7-14,16H,15H2,1-6H3;1H/q+1;/p-1. The molecule has 0 aliphatic rings. The fraction of sp³-hybridized carbons (Fsp3) is 0.318. The minimum absolute atomic E-state index is 0. The zero-order valence-electron chi connectivity index (χ0n) is 17.9. The number of nitrogens with zero attached hydrogens (tertiary/aromatic N) is 2. The summed E-state index contributed by atoms with van der Waals surface area (Å²) in [5.74, 6) is 0. The van der Waals surface area contributed by atoms with Crippen LogP contribution in [0, 0.1) is 20.8 Å². The van der Waals surface area contributed by atoms with Crippen LogP contribution in [0.3, 0.4) is 0 Å². The molecule has 3 aromatic rings. The van der Waals surface area contributed by atoms with Crippen LogP contribution in [-0.2, 0) is 19.8 Å². The van der Waals surface area contributed by atoms with E-state index in [1.807, 2.05) is 12.1 Å². The Morgan fingerprint density at radius 3 is 1.97 bits per heavy atom. The molecule has 0 saturated carbocycles. The molecule has 1 aromatic heterocycles. The zero-order valence-corrected chi connectivity index (χ0v) is 19.7. The summed E-state index contributed by atoms with van der Waals surface area (Å²) in [6.45, 7) is 7.25. The van der Waals surface area contributed by atoms with Gasteiger partial charge in [0.1, 0.15) is 24.6 Å². The van der Waals surface area contributed by atoms with E-state index in [2.05, 4.69) is 72.9 Å². The maximum atomic E-state index is 5.55. The van der Waals surface area contributed by atoms with Gasteiger partial charge in [-0.2, -0.15) is 0 Å². The second-order valence-corrected chi connectivity index (χ2v) is 10.0. The molecule has 0 atom stereocenters. The predicted molar refractivity (Wildman–Crippen MR) is 112 cm³/mol. The van der Waals surface area contributed by atoms with Gasteiger partial charge in [0.05, 0.1) is 0 Å². The van der Waals surface area contributed by atoms with E-state index in [1.165, 1.54) is 27.9 Å². The molecule has 2 aromatic carbocycles. The van der Waals surface area contributed by atoms with Gasteiger partial charge in [0, 0.05) is 26.5 Å². The van der Waals surface area contributed by atoms with Crippen molar-refractivity contribution in [3.63, 3.8) is 0 Å². The number of benzene rings is 2. The number of hydrogen-bond acceptors (Lipinski definition) is 3. The van der Waals surface area contributed by atoms with Crippen molar-refractivity contribution in [3.05, 3.63) is 77.4 Å². The molecule has 5 nitrogen and oxygen atoms in total. The van der Waals surface area contributed by atoms with Gasteiger partial charge in [-0.05, 0) is 37.5 Å². The molecule has 0 unspecified atom stereocenters. The van der Waals surface area contributed by atoms with Crippen LogP contribution in [0.15, 0.2) is 55.1 Å². The molecule has 0 spiro atoms. The van der Waals surface area contributed by atoms with E-state index in [9.17, 15) is 0 Å². The van der Waals surface area contributed by atoms with Gasteiger partial charge >= 0.3 is 8.80 Å². The van der Waals surface area contributed by atoms with Crippen molar-refractivity contribution in [3.8, 4) is 5.69 Å². The lowest BCUT2D eigenvalue weighted by molar-refractivity contribution is -0.596. The average Bonchev–Trinajstić information content (AvgIpc) is 3.12. The van der Waals surface area contributed by atoms with Crippen LogP contribution >= 0.6 is 0 Å². The molecule has 0 amide bonds. The maximum absolute atomic E-state index is 5.55. The SMILES string of the molecule is CO[Si](OC)(OC)c1ccc(Cn2cc[n+](-c3c(C)cc(C)cc3C)c2)cc1.[Cl-]. The van der Waals surface area contributed by atoms with E-state index in [0.29, 0.717) is 0 Å². The largest absolute Gasteiger partial charge is 1.00 e. The van der Waals surface area contributed by atoms with Crippen LogP contribution in [0.25, 0.3) is 5.69 Å². The number of hydrogen-bond donors (Lipinski definition) is 0. The van der Waals surface area contributed by atoms with Crippen LogP contribution in [0.2, 0.25) is 0 Å². The van der Waals surface area contributed by atoms with Crippen molar-refractivity contribution >= 4 is 14.0 Å². The van der Waals surface area contributed by atoms with E-state index < -0.39 is 8.80 Å². The van der Waals surface area contributed by atoms with Gasteiger partial charge in [0.15, 0.2) is 0 Å². The first kappa shape index (κ1) is 23.3.